The normalized spacial score (nSPS) is 12.5. The van der Waals surface area contributed by atoms with Gasteiger partial charge in [-0.1, -0.05) is 42.5 Å². The molecule has 3 aromatic rings. The number of aryl methyl sites for hydroxylation is 2. The average molecular weight is 444 g/mol. The molecular weight excluding hydrogens is 420 g/mol. The van der Waals surface area contributed by atoms with Crippen molar-refractivity contribution in [3.8, 4) is 0 Å². The highest BCUT2D eigenvalue weighted by atomic mass is 19.4. The molecule has 0 radical (unpaired) electrons. The van der Waals surface area contributed by atoms with Gasteiger partial charge in [-0.15, -0.1) is 0 Å². The van der Waals surface area contributed by atoms with Crippen molar-refractivity contribution >= 4 is 11.6 Å². The molecule has 2 N–H and O–H groups in total. The van der Waals surface area contributed by atoms with E-state index in [0.717, 1.165) is 23.3 Å². The van der Waals surface area contributed by atoms with E-state index >= 15 is 0 Å². The van der Waals surface area contributed by atoms with Crippen molar-refractivity contribution in [2.75, 3.05) is 11.4 Å². The molecule has 0 aliphatic heterocycles. The van der Waals surface area contributed by atoms with E-state index in [2.05, 4.69) is 0 Å². The summed E-state index contributed by atoms with van der Waals surface area (Å²) in [5.74, 6) is -1.34. The van der Waals surface area contributed by atoms with Crippen LogP contribution >= 0.6 is 0 Å². The van der Waals surface area contributed by atoms with E-state index in [1.54, 1.807) is 30.3 Å². The van der Waals surface area contributed by atoms with Gasteiger partial charge in [-0.25, -0.2) is 4.39 Å². The Morgan fingerprint density at radius 3 is 2.25 bits per heavy atom. The van der Waals surface area contributed by atoms with E-state index in [4.69, 9.17) is 5.73 Å². The number of hydrogen-bond donors (Lipinski definition) is 1. The minimum Gasteiger partial charge on any atom is -0.316 e. The number of carbonyl (C=O) groups is 1. The third kappa shape index (κ3) is 5.34. The molecule has 7 heteroatoms. The van der Waals surface area contributed by atoms with Gasteiger partial charge < -0.3 is 10.6 Å². The second kappa shape index (κ2) is 9.53. The van der Waals surface area contributed by atoms with Crippen molar-refractivity contribution in [1.29, 1.82) is 0 Å². The lowest BCUT2D eigenvalue weighted by Crippen LogP contribution is -2.40. The number of alkyl halides is 3. The van der Waals surface area contributed by atoms with E-state index in [9.17, 15) is 22.4 Å². The number of nitrogens with zero attached hydrogens (tertiary/aromatic N) is 1. The van der Waals surface area contributed by atoms with Gasteiger partial charge in [-0.05, 0) is 66.8 Å². The van der Waals surface area contributed by atoms with Crippen molar-refractivity contribution in [3.63, 3.8) is 0 Å². The average Bonchev–Trinajstić information content (AvgIpc) is 2.76. The van der Waals surface area contributed by atoms with Crippen LogP contribution in [0.5, 0.6) is 0 Å². The fourth-order valence-electron chi connectivity index (χ4n) is 3.39. The maximum Gasteiger partial charge on any atom is 0.416 e. The van der Waals surface area contributed by atoms with Gasteiger partial charge in [-0.3, -0.25) is 4.79 Å². The van der Waals surface area contributed by atoms with Crippen LogP contribution in [0.15, 0.2) is 66.7 Å². The first-order chi connectivity index (χ1) is 15.1. The van der Waals surface area contributed by atoms with Crippen LogP contribution in [0.1, 0.15) is 33.9 Å². The van der Waals surface area contributed by atoms with E-state index < -0.39 is 23.6 Å². The number of hydrogen-bond acceptors (Lipinski definition) is 2. The molecule has 3 rings (SSSR count). The van der Waals surface area contributed by atoms with E-state index in [1.807, 2.05) is 32.0 Å². The number of carbonyl (C=O) groups excluding carboxylic acids is 1. The highest BCUT2D eigenvalue weighted by molar-refractivity contribution is 5.97. The standard InChI is InChI=1S/C25H24F4N2O/c1-16-8-11-21(14-17(16)2)31(24(32)23(30)19-6-4-3-5-7-19)13-12-18-9-10-20(15-22(18)26)25(27,28)29/h3-11,14-15,23H,12-13,30H2,1-2H3/t23-/m0/s1. The number of halogens is 4. The van der Waals surface area contributed by atoms with Crippen LogP contribution in [-0.4, -0.2) is 12.5 Å². The number of rotatable bonds is 6. The van der Waals surface area contributed by atoms with Gasteiger partial charge in [0.25, 0.3) is 0 Å². The molecule has 0 heterocycles. The molecule has 168 valence electrons. The van der Waals surface area contributed by atoms with Crippen molar-refractivity contribution < 1.29 is 22.4 Å². The molecule has 0 aromatic heterocycles. The Hall–Kier alpha value is -3.19. The molecule has 0 saturated heterocycles. The van der Waals surface area contributed by atoms with Crippen LogP contribution in [0.3, 0.4) is 0 Å². The molecular formula is C25H24F4N2O. The molecule has 0 saturated carbocycles. The third-order valence-corrected chi connectivity index (χ3v) is 5.48. The SMILES string of the molecule is Cc1ccc(N(CCc2ccc(C(F)(F)F)cc2F)C(=O)[C@@H](N)c2ccccc2)cc1C. The van der Waals surface area contributed by atoms with Gasteiger partial charge >= 0.3 is 6.18 Å². The fourth-order valence-corrected chi connectivity index (χ4v) is 3.39. The number of benzene rings is 3. The summed E-state index contributed by atoms with van der Waals surface area (Å²) in [6, 6.07) is 15.9. The maximum absolute atomic E-state index is 14.3. The molecule has 1 atom stereocenters. The molecule has 0 unspecified atom stereocenters. The second-order valence-corrected chi connectivity index (χ2v) is 7.70. The zero-order valence-electron chi connectivity index (χ0n) is 17.8. The quantitative estimate of drug-likeness (QED) is 0.493. The molecule has 1 amide bonds. The first kappa shape index (κ1) is 23.5. The Balaban J connectivity index is 1.89. The largest absolute Gasteiger partial charge is 0.416 e. The molecule has 0 fully saturated rings. The number of nitrogens with two attached hydrogens (primary N) is 1. The van der Waals surface area contributed by atoms with E-state index in [1.165, 1.54) is 4.90 Å². The van der Waals surface area contributed by atoms with Crippen LogP contribution in [0.4, 0.5) is 23.2 Å². The van der Waals surface area contributed by atoms with Gasteiger partial charge in [0.15, 0.2) is 0 Å². The first-order valence-corrected chi connectivity index (χ1v) is 10.1. The minimum atomic E-state index is -4.62. The van der Waals surface area contributed by atoms with Gasteiger partial charge in [0.2, 0.25) is 5.91 Å². The zero-order valence-corrected chi connectivity index (χ0v) is 17.8. The van der Waals surface area contributed by atoms with Crippen molar-refractivity contribution in [2.45, 2.75) is 32.5 Å². The summed E-state index contributed by atoms with van der Waals surface area (Å²) in [6.07, 6.45) is -4.59. The Bertz CT molecular complexity index is 1100. The Labute approximate surface area is 184 Å². The summed E-state index contributed by atoms with van der Waals surface area (Å²) in [7, 11) is 0. The lowest BCUT2D eigenvalue weighted by molar-refractivity contribution is -0.137. The van der Waals surface area contributed by atoms with Gasteiger partial charge in [0, 0.05) is 12.2 Å². The Kier molecular flexibility index (Phi) is 6.99. The lowest BCUT2D eigenvalue weighted by atomic mass is 10.0. The smallest absolute Gasteiger partial charge is 0.316 e. The monoisotopic (exact) mass is 444 g/mol. The van der Waals surface area contributed by atoms with E-state index in [0.29, 0.717) is 17.3 Å². The fraction of sp³-hybridized carbons (Fsp3) is 0.240. The summed E-state index contributed by atoms with van der Waals surface area (Å²) in [4.78, 5) is 14.8. The summed E-state index contributed by atoms with van der Waals surface area (Å²) in [6.45, 7) is 3.91. The number of anilines is 1. The Morgan fingerprint density at radius 2 is 1.66 bits per heavy atom. The predicted octanol–water partition coefficient (Wildman–Crippen LogP) is 5.74. The van der Waals surface area contributed by atoms with Crippen LogP contribution in [0.2, 0.25) is 0 Å². The van der Waals surface area contributed by atoms with Crippen LogP contribution in [-0.2, 0) is 17.4 Å². The number of amides is 1. The molecule has 0 bridgehead atoms. The van der Waals surface area contributed by atoms with Gasteiger partial charge in [-0.2, -0.15) is 13.2 Å². The molecule has 3 nitrogen and oxygen atoms in total. The third-order valence-electron chi connectivity index (χ3n) is 5.48. The predicted molar refractivity (Wildman–Crippen MR) is 117 cm³/mol. The second-order valence-electron chi connectivity index (χ2n) is 7.70. The minimum absolute atomic E-state index is 0.0319. The summed E-state index contributed by atoms with van der Waals surface area (Å²) < 4.78 is 52.8. The summed E-state index contributed by atoms with van der Waals surface area (Å²) >= 11 is 0. The highest BCUT2D eigenvalue weighted by Gasteiger charge is 2.31. The summed E-state index contributed by atoms with van der Waals surface area (Å²) in [5.41, 5.74) is 8.50. The summed E-state index contributed by atoms with van der Waals surface area (Å²) in [5, 5.41) is 0. The molecule has 0 spiro atoms. The highest BCUT2D eigenvalue weighted by Crippen LogP contribution is 2.30. The molecule has 3 aromatic carbocycles. The van der Waals surface area contributed by atoms with Crippen LogP contribution in [0, 0.1) is 19.7 Å². The molecule has 0 aliphatic carbocycles. The van der Waals surface area contributed by atoms with Crippen LogP contribution < -0.4 is 10.6 Å². The topological polar surface area (TPSA) is 46.3 Å². The van der Waals surface area contributed by atoms with Crippen LogP contribution in [0.25, 0.3) is 0 Å². The lowest BCUT2D eigenvalue weighted by Gasteiger charge is -2.27. The molecule has 32 heavy (non-hydrogen) atoms. The Morgan fingerprint density at radius 1 is 0.969 bits per heavy atom. The van der Waals surface area contributed by atoms with Gasteiger partial charge in [0.1, 0.15) is 11.9 Å². The zero-order chi connectivity index (χ0) is 23.5. The van der Waals surface area contributed by atoms with E-state index in [-0.39, 0.29) is 24.4 Å². The maximum atomic E-state index is 14.3. The van der Waals surface area contributed by atoms with Gasteiger partial charge in [0.05, 0.1) is 5.56 Å². The first-order valence-electron chi connectivity index (χ1n) is 10.1. The van der Waals surface area contributed by atoms with Crippen molar-refractivity contribution in [3.05, 3.63) is 100 Å². The van der Waals surface area contributed by atoms with Crippen molar-refractivity contribution in [1.82, 2.24) is 0 Å². The van der Waals surface area contributed by atoms with Crippen molar-refractivity contribution in [2.24, 2.45) is 5.73 Å². The molecule has 0 aliphatic rings.